The standard InChI is InChI=1S/C15H22ClN5O/c1-6-20-11(4)13(7-17-20)9(2)18-14(22)8-21-12(5)15(16)10(3)19-21/h7,9H,6,8H2,1-5H3,(H,18,22). The van der Waals surface area contributed by atoms with Crippen LogP contribution in [0.15, 0.2) is 6.20 Å². The average Bonchev–Trinajstić information content (AvgIpc) is 2.95. The maximum Gasteiger partial charge on any atom is 0.242 e. The molecule has 7 heteroatoms. The predicted octanol–water partition coefficient (Wildman–Crippen LogP) is 2.56. The highest BCUT2D eigenvalue weighted by Gasteiger charge is 2.17. The molecule has 0 aliphatic rings. The second-order valence-electron chi connectivity index (χ2n) is 5.43. The first kappa shape index (κ1) is 16.5. The second-order valence-corrected chi connectivity index (χ2v) is 5.81. The monoisotopic (exact) mass is 323 g/mol. The zero-order valence-electron chi connectivity index (χ0n) is 13.6. The molecular formula is C15H22ClN5O. The molecule has 2 aromatic heterocycles. The maximum atomic E-state index is 12.2. The fraction of sp³-hybridized carbons (Fsp3) is 0.533. The van der Waals surface area contributed by atoms with E-state index in [1.807, 2.05) is 45.5 Å². The number of halogens is 1. The van der Waals surface area contributed by atoms with Crippen LogP contribution in [-0.4, -0.2) is 25.5 Å². The highest BCUT2D eigenvalue weighted by Crippen LogP contribution is 2.19. The van der Waals surface area contributed by atoms with E-state index in [1.165, 1.54) is 0 Å². The van der Waals surface area contributed by atoms with Crippen LogP contribution in [0.25, 0.3) is 0 Å². The molecule has 2 heterocycles. The second kappa shape index (κ2) is 6.52. The summed E-state index contributed by atoms with van der Waals surface area (Å²) in [6.45, 7) is 10.7. The molecule has 1 atom stereocenters. The van der Waals surface area contributed by atoms with Gasteiger partial charge in [-0.1, -0.05) is 11.6 Å². The van der Waals surface area contributed by atoms with Crippen molar-refractivity contribution in [1.29, 1.82) is 0 Å². The summed E-state index contributed by atoms with van der Waals surface area (Å²) in [5.41, 5.74) is 3.64. The summed E-state index contributed by atoms with van der Waals surface area (Å²) >= 11 is 6.10. The lowest BCUT2D eigenvalue weighted by Crippen LogP contribution is -2.31. The summed E-state index contributed by atoms with van der Waals surface area (Å²) in [6, 6.07) is -0.0970. The Morgan fingerprint density at radius 3 is 2.50 bits per heavy atom. The Morgan fingerprint density at radius 2 is 2.00 bits per heavy atom. The Hall–Kier alpha value is -1.82. The van der Waals surface area contributed by atoms with Gasteiger partial charge in [-0.25, -0.2) is 0 Å². The van der Waals surface area contributed by atoms with Gasteiger partial charge in [-0.15, -0.1) is 0 Å². The summed E-state index contributed by atoms with van der Waals surface area (Å²) in [7, 11) is 0. The van der Waals surface area contributed by atoms with Gasteiger partial charge in [-0.2, -0.15) is 10.2 Å². The lowest BCUT2D eigenvalue weighted by Gasteiger charge is -2.14. The van der Waals surface area contributed by atoms with Crippen molar-refractivity contribution in [3.05, 3.63) is 33.9 Å². The smallest absolute Gasteiger partial charge is 0.242 e. The molecule has 1 amide bonds. The third-order valence-electron chi connectivity index (χ3n) is 3.87. The van der Waals surface area contributed by atoms with E-state index >= 15 is 0 Å². The summed E-state index contributed by atoms with van der Waals surface area (Å²) in [6.07, 6.45) is 1.81. The molecule has 0 fully saturated rings. The molecule has 0 saturated carbocycles. The minimum Gasteiger partial charge on any atom is -0.348 e. The molecule has 6 nitrogen and oxygen atoms in total. The van der Waals surface area contributed by atoms with Crippen LogP contribution in [-0.2, 0) is 17.9 Å². The normalized spacial score (nSPS) is 12.5. The minimum absolute atomic E-state index is 0.0970. The van der Waals surface area contributed by atoms with Crippen molar-refractivity contribution in [2.24, 2.45) is 0 Å². The van der Waals surface area contributed by atoms with Crippen molar-refractivity contribution < 1.29 is 4.79 Å². The van der Waals surface area contributed by atoms with Crippen molar-refractivity contribution in [2.75, 3.05) is 0 Å². The average molecular weight is 324 g/mol. The number of aryl methyl sites for hydroxylation is 2. The highest BCUT2D eigenvalue weighted by molar-refractivity contribution is 6.31. The largest absolute Gasteiger partial charge is 0.348 e. The fourth-order valence-electron chi connectivity index (χ4n) is 2.53. The molecule has 0 aliphatic heterocycles. The molecule has 0 aromatic carbocycles. The first-order chi connectivity index (χ1) is 10.3. The number of hydrogen-bond acceptors (Lipinski definition) is 3. The molecule has 2 rings (SSSR count). The van der Waals surface area contributed by atoms with Crippen molar-refractivity contribution in [3.63, 3.8) is 0 Å². The van der Waals surface area contributed by atoms with Crippen LogP contribution in [0.3, 0.4) is 0 Å². The van der Waals surface area contributed by atoms with E-state index in [0.29, 0.717) is 5.02 Å². The third-order valence-corrected chi connectivity index (χ3v) is 4.42. The Morgan fingerprint density at radius 1 is 1.32 bits per heavy atom. The van der Waals surface area contributed by atoms with E-state index in [1.54, 1.807) is 4.68 Å². The lowest BCUT2D eigenvalue weighted by atomic mass is 10.1. The van der Waals surface area contributed by atoms with E-state index in [0.717, 1.165) is 29.2 Å². The zero-order chi connectivity index (χ0) is 16.4. The number of nitrogens with zero attached hydrogens (tertiary/aromatic N) is 4. The van der Waals surface area contributed by atoms with E-state index in [2.05, 4.69) is 15.5 Å². The fourth-order valence-corrected chi connectivity index (χ4v) is 2.67. The predicted molar refractivity (Wildman–Crippen MR) is 85.9 cm³/mol. The van der Waals surface area contributed by atoms with Crippen LogP contribution < -0.4 is 5.32 Å². The van der Waals surface area contributed by atoms with E-state index in [4.69, 9.17) is 11.6 Å². The van der Waals surface area contributed by atoms with Gasteiger partial charge in [-0.05, 0) is 34.6 Å². The molecule has 0 radical (unpaired) electrons. The molecular weight excluding hydrogens is 302 g/mol. The first-order valence-corrected chi connectivity index (χ1v) is 7.74. The number of rotatable bonds is 5. The van der Waals surface area contributed by atoms with E-state index < -0.39 is 0 Å². The lowest BCUT2D eigenvalue weighted by molar-refractivity contribution is -0.122. The number of hydrogen-bond donors (Lipinski definition) is 1. The summed E-state index contributed by atoms with van der Waals surface area (Å²) in [4.78, 5) is 12.2. The third kappa shape index (κ3) is 3.16. The summed E-state index contributed by atoms with van der Waals surface area (Å²) in [5.74, 6) is -0.0987. The zero-order valence-corrected chi connectivity index (χ0v) is 14.4. The van der Waals surface area contributed by atoms with Crippen LogP contribution in [0.1, 0.15) is 42.5 Å². The van der Waals surface area contributed by atoms with Crippen LogP contribution in [0.5, 0.6) is 0 Å². The van der Waals surface area contributed by atoms with Crippen LogP contribution in [0.4, 0.5) is 0 Å². The first-order valence-electron chi connectivity index (χ1n) is 7.36. The topological polar surface area (TPSA) is 64.7 Å². The number of nitrogens with one attached hydrogen (secondary N) is 1. The van der Waals surface area contributed by atoms with Gasteiger partial charge >= 0.3 is 0 Å². The quantitative estimate of drug-likeness (QED) is 0.919. The number of carbonyl (C=O) groups is 1. The molecule has 2 aromatic rings. The van der Waals surface area contributed by atoms with Gasteiger partial charge in [-0.3, -0.25) is 14.2 Å². The molecule has 0 saturated heterocycles. The molecule has 1 unspecified atom stereocenters. The van der Waals surface area contributed by atoms with Crippen molar-refractivity contribution >= 4 is 17.5 Å². The van der Waals surface area contributed by atoms with E-state index in [-0.39, 0.29) is 18.5 Å². The summed E-state index contributed by atoms with van der Waals surface area (Å²) < 4.78 is 3.54. The van der Waals surface area contributed by atoms with Gasteiger partial charge in [0, 0.05) is 17.8 Å². The number of aromatic nitrogens is 4. The van der Waals surface area contributed by atoms with Crippen molar-refractivity contribution in [2.45, 2.75) is 53.8 Å². The Balaban J connectivity index is 2.05. The van der Waals surface area contributed by atoms with Gasteiger partial charge in [0.1, 0.15) is 6.54 Å². The maximum absolute atomic E-state index is 12.2. The Labute approximate surface area is 135 Å². The Bertz CT molecular complexity index is 688. The van der Waals surface area contributed by atoms with Gasteiger partial charge in [0.05, 0.1) is 28.6 Å². The molecule has 22 heavy (non-hydrogen) atoms. The van der Waals surface area contributed by atoms with Gasteiger partial charge < -0.3 is 5.32 Å². The Kier molecular flexibility index (Phi) is 4.90. The van der Waals surface area contributed by atoms with Crippen molar-refractivity contribution in [3.8, 4) is 0 Å². The highest BCUT2D eigenvalue weighted by atomic mass is 35.5. The van der Waals surface area contributed by atoms with Crippen LogP contribution in [0.2, 0.25) is 5.02 Å². The molecule has 0 aliphatic carbocycles. The van der Waals surface area contributed by atoms with Gasteiger partial charge in [0.2, 0.25) is 5.91 Å². The molecule has 0 bridgehead atoms. The molecule has 0 spiro atoms. The molecule has 1 N–H and O–H groups in total. The van der Waals surface area contributed by atoms with Gasteiger partial charge in [0.15, 0.2) is 0 Å². The van der Waals surface area contributed by atoms with Gasteiger partial charge in [0.25, 0.3) is 0 Å². The number of carbonyl (C=O) groups excluding carboxylic acids is 1. The van der Waals surface area contributed by atoms with E-state index in [9.17, 15) is 4.79 Å². The molecule has 120 valence electrons. The van der Waals surface area contributed by atoms with Crippen molar-refractivity contribution in [1.82, 2.24) is 24.9 Å². The summed E-state index contributed by atoms with van der Waals surface area (Å²) in [5, 5.41) is 12.2. The van der Waals surface area contributed by atoms with Crippen LogP contribution in [0, 0.1) is 20.8 Å². The van der Waals surface area contributed by atoms with Crippen LogP contribution >= 0.6 is 11.6 Å². The minimum atomic E-state index is -0.0987. The number of amides is 1. The SMILES string of the molecule is CCn1ncc(C(C)NC(=O)Cn2nc(C)c(Cl)c2C)c1C.